The molecule has 0 amide bonds. The number of hydrogen-bond acceptors (Lipinski definition) is 3. The Morgan fingerprint density at radius 3 is 2.03 bits per heavy atom. The van der Waals surface area contributed by atoms with Gasteiger partial charge in [0.1, 0.15) is 0 Å². The molecule has 1 unspecified atom stereocenters. The zero-order valence-corrected chi connectivity index (χ0v) is 22.0. The van der Waals surface area contributed by atoms with E-state index in [1.807, 2.05) is 6.92 Å². The molecule has 7 heteroatoms. The number of sulfonamides is 1. The van der Waals surface area contributed by atoms with Crippen LogP contribution in [0.2, 0.25) is 0 Å². The second kappa shape index (κ2) is 11.0. The lowest BCUT2D eigenvalue weighted by Crippen LogP contribution is -2.47. The summed E-state index contributed by atoms with van der Waals surface area (Å²) in [5.41, 5.74) is 1.51. The first-order valence-corrected chi connectivity index (χ1v) is 14.9. The van der Waals surface area contributed by atoms with E-state index in [1.165, 1.54) is 17.0 Å². The summed E-state index contributed by atoms with van der Waals surface area (Å²) in [7, 11) is -4.25. The highest BCUT2D eigenvalue weighted by atomic mass is 32.2. The molecule has 34 heavy (non-hydrogen) atoms. The maximum atomic E-state index is 12.8. The van der Waals surface area contributed by atoms with Crippen molar-refractivity contribution in [1.82, 2.24) is 10.0 Å². The molecule has 0 spiro atoms. The summed E-state index contributed by atoms with van der Waals surface area (Å²) in [6, 6.07) is 28.4. The zero-order valence-electron chi connectivity index (χ0n) is 19.5. The van der Waals surface area contributed by atoms with Gasteiger partial charge in [-0.3, -0.25) is 4.72 Å². The molecule has 2 N–H and O–H groups in total. The second-order valence-corrected chi connectivity index (χ2v) is 13.4. The third-order valence-electron chi connectivity index (χ3n) is 6.49. The van der Waals surface area contributed by atoms with Crippen molar-refractivity contribution in [2.45, 2.75) is 49.7 Å². The standard InChI is InChI=1S/C27H31N2O2PS2/c1-20-16-18-24(19-17-20)34(30,31)29-27(33)28-21(2)25-14-9-15-26(25)32(22-10-5-3-6-11-22)23-12-7-4-8-13-23/h3-8,10-13,16-19,21,25-26H,9,14-15H2,1-2H3,(H2,28,29,33)/t21-,25+,26?/m1/s1. The summed E-state index contributed by atoms with van der Waals surface area (Å²) in [6.07, 6.45) is 3.43. The van der Waals surface area contributed by atoms with E-state index in [9.17, 15) is 8.42 Å². The van der Waals surface area contributed by atoms with Crippen molar-refractivity contribution in [2.75, 3.05) is 0 Å². The van der Waals surface area contributed by atoms with Gasteiger partial charge in [0, 0.05) is 6.04 Å². The van der Waals surface area contributed by atoms with Gasteiger partial charge in [0.15, 0.2) is 5.11 Å². The van der Waals surface area contributed by atoms with E-state index in [0.29, 0.717) is 11.6 Å². The van der Waals surface area contributed by atoms with Gasteiger partial charge in [-0.2, -0.15) is 0 Å². The normalized spacial score (nSPS) is 19.0. The van der Waals surface area contributed by atoms with Crippen molar-refractivity contribution >= 4 is 45.9 Å². The third kappa shape index (κ3) is 5.86. The molecule has 1 aliphatic carbocycles. The summed E-state index contributed by atoms with van der Waals surface area (Å²) < 4.78 is 28.1. The summed E-state index contributed by atoms with van der Waals surface area (Å²) in [5, 5.41) is 6.22. The third-order valence-corrected chi connectivity index (χ3v) is 11.2. The van der Waals surface area contributed by atoms with Gasteiger partial charge in [0.25, 0.3) is 10.0 Å². The molecule has 1 saturated carbocycles. The van der Waals surface area contributed by atoms with Crippen molar-refractivity contribution < 1.29 is 8.42 Å². The number of nitrogens with one attached hydrogen (secondary N) is 2. The minimum atomic E-state index is -3.71. The molecule has 0 bridgehead atoms. The molecule has 0 saturated heterocycles. The maximum Gasteiger partial charge on any atom is 0.263 e. The van der Waals surface area contributed by atoms with Crippen LogP contribution in [0.4, 0.5) is 0 Å². The first kappa shape index (κ1) is 24.8. The molecule has 178 valence electrons. The van der Waals surface area contributed by atoms with Crippen LogP contribution in [0, 0.1) is 12.8 Å². The van der Waals surface area contributed by atoms with Gasteiger partial charge in [0.2, 0.25) is 0 Å². The van der Waals surface area contributed by atoms with E-state index in [1.54, 1.807) is 24.3 Å². The average molecular weight is 511 g/mol. The van der Waals surface area contributed by atoms with Crippen LogP contribution in [0.15, 0.2) is 89.8 Å². The lowest BCUT2D eigenvalue weighted by molar-refractivity contribution is 0.432. The largest absolute Gasteiger partial charge is 0.359 e. The van der Waals surface area contributed by atoms with Gasteiger partial charge < -0.3 is 5.32 Å². The molecule has 4 nitrogen and oxygen atoms in total. The number of benzene rings is 3. The van der Waals surface area contributed by atoms with Crippen molar-refractivity contribution in [3.63, 3.8) is 0 Å². The summed E-state index contributed by atoms with van der Waals surface area (Å²) in [6.45, 7) is 4.05. The van der Waals surface area contributed by atoms with Gasteiger partial charge in [-0.05, 0) is 81.1 Å². The highest BCUT2D eigenvalue weighted by Crippen LogP contribution is 2.50. The topological polar surface area (TPSA) is 58.2 Å². The number of aryl methyl sites for hydroxylation is 1. The van der Waals surface area contributed by atoms with Crippen LogP contribution in [0.5, 0.6) is 0 Å². The van der Waals surface area contributed by atoms with E-state index in [2.05, 4.69) is 77.6 Å². The minimum Gasteiger partial charge on any atom is -0.359 e. The Kier molecular flexibility index (Phi) is 8.02. The first-order valence-electron chi connectivity index (χ1n) is 11.6. The SMILES string of the molecule is Cc1ccc(S(=O)(=O)NC(=S)N[C@H](C)[C@@H]2CCCC2P(c2ccccc2)c2ccccc2)cc1. The highest BCUT2D eigenvalue weighted by Gasteiger charge is 2.38. The minimum absolute atomic E-state index is 0.0538. The fourth-order valence-electron chi connectivity index (χ4n) is 4.82. The molecule has 0 aliphatic heterocycles. The van der Waals surface area contributed by atoms with Crippen molar-refractivity contribution in [2.24, 2.45) is 5.92 Å². The zero-order chi connectivity index (χ0) is 24.1. The van der Waals surface area contributed by atoms with Crippen LogP contribution in [-0.4, -0.2) is 25.2 Å². The van der Waals surface area contributed by atoms with Crippen LogP contribution < -0.4 is 20.6 Å². The predicted octanol–water partition coefficient (Wildman–Crippen LogP) is 4.84. The van der Waals surface area contributed by atoms with E-state index < -0.39 is 17.9 Å². The molecule has 0 radical (unpaired) electrons. The van der Waals surface area contributed by atoms with Crippen LogP contribution >= 0.6 is 20.1 Å². The van der Waals surface area contributed by atoms with E-state index in [4.69, 9.17) is 12.2 Å². The van der Waals surface area contributed by atoms with Gasteiger partial charge >= 0.3 is 0 Å². The highest BCUT2D eigenvalue weighted by molar-refractivity contribution is 7.91. The number of rotatable bonds is 7. The quantitative estimate of drug-likeness (QED) is 0.353. The van der Waals surface area contributed by atoms with E-state index >= 15 is 0 Å². The van der Waals surface area contributed by atoms with E-state index in [-0.39, 0.29) is 16.0 Å². The number of hydrogen-bond donors (Lipinski definition) is 2. The summed E-state index contributed by atoms with van der Waals surface area (Å²) >= 11 is 5.43. The Labute approximate surface area is 210 Å². The molecule has 0 aromatic heterocycles. The second-order valence-electron chi connectivity index (χ2n) is 8.88. The predicted molar refractivity (Wildman–Crippen MR) is 147 cm³/mol. The monoisotopic (exact) mass is 510 g/mol. The van der Waals surface area contributed by atoms with Gasteiger partial charge in [-0.1, -0.05) is 84.8 Å². The maximum absolute atomic E-state index is 12.8. The molecular formula is C27H31N2O2PS2. The fraction of sp³-hybridized carbons (Fsp3) is 0.296. The number of thiocarbonyl (C=S) groups is 1. The molecule has 1 aliphatic rings. The summed E-state index contributed by atoms with van der Waals surface area (Å²) in [4.78, 5) is 0.213. The molecule has 1 fully saturated rings. The lowest BCUT2D eigenvalue weighted by atomic mass is 9.99. The van der Waals surface area contributed by atoms with Gasteiger partial charge in [-0.25, -0.2) is 8.42 Å². The lowest BCUT2D eigenvalue weighted by Gasteiger charge is -2.34. The molecule has 3 aromatic rings. The Hall–Kier alpha value is -2.27. The fourth-order valence-corrected chi connectivity index (χ4v) is 9.54. The Morgan fingerprint density at radius 2 is 1.47 bits per heavy atom. The summed E-state index contributed by atoms with van der Waals surface area (Å²) in [5.74, 6) is 0.397. The molecule has 0 heterocycles. The Balaban J connectivity index is 1.50. The average Bonchev–Trinajstić information content (AvgIpc) is 3.30. The van der Waals surface area contributed by atoms with Crippen molar-refractivity contribution in [3.05, 3.63) is 90.5 Å². The molecule has 3 atom stereocenters. The van der Waals surface area contributed by atoms with Crippen molar-refractivity contribution in [1.29, 1.82) is 0 Å². The van der Waals surface area contributed by atoms with Crippen LogP contribution in [0.3, 0.4) is 0 Å². The Morgan fingerprint density at radius 1 is 0.912 bits per heavy atom. The van der Waals surface area contributed by atoms with E-state index in [0.717, 1.165) is 18.4 Å². The Bertz CT molecular complexity index is 1160. The van der Waals surface area contributed by atoms with Gasteiger partial charge in [0.05, 0.1) is 4.90 Å². The van der Waals surface area contributed by atoms with Gasteiger partial charge in [-0.15, -0.1) is 0 Å². The molecule has 4 rings (SSSR count). The smallest absolute Gasteiger partial charge is 0.263 e. The molecular weight excluding hydrogens is 479 g/mol. The van der Waals surface area contributed by atoms with Crippen LogP contribution in [0.1, 0.15) is 31.7 Å². The van der Waals surface area contributed by atoms with Crippen LogP contribution in [-0.2, 0) is 10.0 Å². The molecule has 3 aromatic carbocycles. The first-order chi connectivity index (χ1) is 16.3. The van der Waals surface area contributed by atoms with Crippen LogP contribution in [0.25, 0.3) is 0 Å². The van der Waals surface area contributed by atoms with Crippen molar-refractivity contribution in [3.8, 4) is 0 Å².